The molecule has 6 heteroatoms. The Labute approximate surface area is 109 Å². The van der Waals surface area contributed by atoms with Crippen molar-refractivity contribution in [3.63, 3.8) is 0 Å². The zero-order chi connectivity index (χ0) is 12.9. The van der Waals surface area contributed by atoms with Crippen LogP contribution in [0, 0.1) is 5.92 Å². The Morgan fingerprint density at radius 1 is 1.56 bits per heavy atom. The number of nitrogen functional groups attached to an aromatic ring is 1. The molecule has 96 valence electrons. The van der Waals surface area contributed by atoms with Crippen LogP contribution in [0.4, 0.5) is 5.95 Å². The first kappa shape index (κ1) is 11.7. The van der Waals surface area contributed by atoms with Gasteiger partial charge in [0.15, 0.2) is 0 Å². The quantitative estimate of drug-likeness (QED) is 0.603. The van der Waals surface area contributed by atoms with Gasteiger partial charge >= 0.3 is 0 Å². The van der Waals surface area contributed by atoms with Crippen LogP contribution in [0.15, 0.2) is 4.79 Å². The van der Waals surface area contributed by atoms with Crippen molar-refractivity contribution in [1.82, 2.24) is 9.55 Å². The van der Waals surface area contributed by atoms with Crippen molar-refractivity contribution in [2.24, 2.45) is 18.8 Å². The Kier molecular flexibility index (Phi) is 2.64. The molecule has 1 aliphatic rings. The van der Waals surface area contributed by atoms with Gasteiger partial charge in [0.05, 0.1) is 5.39 Å². The fourth-order valence-electron chi connectivity index (χ4n) is 2.60. The zero-order valence-corrected chi connectivity index (χ0v) is 11.3. The van der Waals surface area contributed by atoms with Crippen LogP contribution in [0.2, 0.25) is 0 Å². The molecular weight excluding hydrogens is 248 g/mol. The van der Waals surface area contributed by atoms with Gasteiger partial charge in [0.25, 0.3) is 5.56 Å². The monoisotopic (exact) mass is 264 g/mol. The topological polar surface area (TPSA) is 72.9 Å². The van der Waals surface area contributed by atoms with Crippen molar-refractivity contribution in [3.05, 3.63) is 20.8 Å². The normalized spacial score (nSPS) is 18.9. The third-order valence-electron chi connectivity index (χ3n) is 3.67. The molecule has 1 unspecified atom stereocenters. The molecule has 3 N–H and O–H groups in total. The lowest BCUT2D eigenvalue weighted by Gasteiger charge is -2.17. The average molecular weight is 264 g/mol. The maximum Gasteiger partial charge on any atom is 0.263 e. The number of hydrogen-bond donors (Lipinski definition) is 2. The van der Waals surface area contributed by atoms with Crippen LogP contribution in [0.5, 0.6) is 0 Å². The minimum Gasteiger partial charge on any atom is -0.294 e. The van der Waals surface area contributed by atoms with E-state index in [1.807, 2.05) is 0 Å². The first-order chi connectivity index (χ1) is 8.61. The standard InChI is InChI=1S/C12H16N4OS/c1-6-3-4-7-8(5-6)18-10-9(7)11(17)16(2)12(14-10)15-13/h6H,3-5,13H2,1-2H3,(H,14,15). The summed E-state index contributed by atoms with van der Waals surface area (Å²) in [5, 5.41) is 0.795. The van der Waals surface area contributed by atoms with Crippen LogP contribution in [-0.2, 0) is 19.9 Å². The van der Waals surface area contributed by atoms with Crippen molar-refractivity contribution in [1.29, 1.82) is 0 Å². The van der Waals surface area contributed by atoms with Crippen molar-refractivity contribution in [2.45, 2.75) is 26.2 Å². The fourth-order valence-corrected chi connectivity index (χ4v) is 3.97. The number of nitrogens with one attached hydrogen (secondary N) is 1. The second-order valence-corrected chi connectivity index (χ2v) is 6.06. The molecule has 2 heterocycles. The van der Waals surface area contributed by atoms with Gasteiger partial charge in [-0.15, -0.1) is 11.3 Å². The molecule has 2 aromatic rings. The van der Waals surface area contributed by atoms with E-state index in [0.29, 0.717) is 11.9 Å². The maximum absolute atomic E-state index is 12.4. The van der Waals surface area contributed by atoms with E-state index in [1.54, 1.807) is 18.4 Å². The van der Waals surface area contributed by atoms with Crippen LogP contribution >= 0.6 is 11.3 Å². The van der Waals surface area contributed by atoms with Crippen LogP contribution < -0.4 is 16.8 Å². The molecule has 0 aliphatic heterocycles. The first-order valence-electron chi connectivity index (χ1n) is 6.09. The molecule has 0 radical (unpaired) electrons. The number of rotatable bonds is 1. The summed E-state index contributed by atoms with van der Waals surface area (Å²) in [5.41, 5.74) is 3.69. The van der Waals surface area contributed by atoms with Crippen molar-refractivity contribution < 1.29 is 0 Å². The number of anilines is 1. The number of hydrazine groups is 1. The average Bonchev–Trinajstić information content (AvgIpc) is 2.70. The lowest BCUT2D eigenvalue weighted by molar-refractivity contribution is 0.509. The van der Waals surface area contributed by atoms with Crippen molar-refractivity contribution in [2.75, 3.05) is 5.43 Å². The molecule has 0 spiro atoms. The third-order valence-corrected chi connectivity index (χ3v) is 4.81. The Morgan fingerprint density at radius 3 is 3.06 bits per heavy atom. The molecule has 0 amide bonds. The molecule has 5 nitrogen and oxygen atoms in total. The first-order valence-corrected chi connectivity index (χ1v) is 6.91. The molecule has 18 heavy (non-hydrogen) atoms. The minimum absolute atomic E-state index is 0.00000283. The van der Waals surface area contributed by atoms with Gasteiger partial charge in [0.2, 0.25) is 5.95 Å². The van der Waals surface area contributed by atoms with Gasteiger partial charge in [-0.25, -0.2) is 10.8 Å². The number of thiophene rings is 1. The van der Waals surface area contributed by atoms with E-state index in [1.165, 1.54) is 15.0 Å². The van der Waals surface area contributed by atoms with Gasteiger partial charge in [-0.3, -0.25) is 14.8 Å². The molecule has 1 atom stereocenters. The number of nitrogens with two attached hydrogens (primary N) is 1. The van der Waals surface area contributed by atoms with Crippen molar-refractivity contribution >= 4 is 27.5 Å². The highest BCUT2D eigenvalue weighted by molar-refractivity contribution is 7.18. The van der Waals surface area contributed by atoms with Gasteiger partial charge in [-0.05, 0) is 30.7 Å². The Morgan fingerprint density at radius 2 is 2.33 bits per heavy atom. The van der Waals surface area contributed by atoms with Crippen LogP contribution in [0.1, 0.15) is 23.8 Å². The van der Waals surface area contributed by atoms with E-state index >= 15 is 0 Å². The second kappa shape index (κ2) is 4.07. The van der Waals surface area contributed by atoms with Crippen LogP contribution in [-0.4, -0.2) is 9.55 Å². The SMILES string of the molecule is CC1CCc2c(sc3nc(NN)n(C)c(=O)c23)C1. The minimum atomic E-state index is 0.00000283. The van der Waals surface area contributed by atoms with Gasteiger partial charge in [0, 0.05) is 11.9 Å². The zero-order valence-electron chi connectivity index (χ0n) is 10.5. The summed E-state index contributed by atoms with van der Waals surface area (Å²) < 4.78 is 1.48. The summed E-state index contributed by atoms with van der Waals surface area (Å²) in [6, 6.07) is 0. The van der Waals surface area contributed by atoms with E-state index in [4.69, 9.17) is 5.84 Å². The predicted octanol–water partition coefficient (Wildman–Crippen LogP) is 1.41. The van der Waals surface area contributed by atoms with Crippen LogP contribution in [0.3, 0.4) is 0 Å². The third kappa shape index (κ3) is 1.56. The summed E-state index contributed by atoms with van der Waals surface area (Å²) in [7, 11) is 1.69. The molecular formula is C12H16N4OS. The number of aryl methyl sites for hydroxylation is 1. The number of aromatic nitrogens is 2. The molecule has 3 rings (SSSR count). The Hall–Kier alpha value is -1.40. The Balaban J connectivity index is 2.33. The molecule has 0 saturated heterocycles. The number of fused-ring (bicyclic) bond motifs is 3. The van der Waals surface area contributed by atoms with E-state index in [-0.39, 0.29) is 5.56 Å². The van der Waals surface area contributed by atoms with E-state index in [9.17, 15) is 4.79 Å². The van der Waals surface area contributed by atoms with Gasteiger partial charge in [-0.2, -0.15) is 0 Å². The summed E-state index contributed by atoms with van der Waals surface area (Å²) in [5.74, 6) is 6.50. The summed E-state index contributed by atoms with van der Waals surface area (Å²) >= 11 is 1.64. The summed E-state index contributed by atoms with van der Waals surface area (Å²) in [6.45, 7) is 2.26. The fraction of sp³-hybridized carbons (Fsp3) is 0.500. The predicted molar refractivity (Wildman–Crippen MR) is 73.9 cm³/mol. The highest BCUT2D eigenvalue weighted by Crippen LogP contribution is 2.35. The van der Waals surface area contributed by atoms with E-state index in [2.05, 4.69) is 17.3 Å². The van der Waals surface area contributed by atoms with Gasteiger partial charge < -0.3 is 0 Å². The Bertz CT molecular complexity index is 673. The summed E-state index contributed by atoms with van der Waals surface area (Å²) in [4.78, 5) is 18.9. The van der Waals surface area contributed by atoms with E-state index < -0.39 is 0 Å². The highest BCUT2D eigenvalue weighted by atomic mass is 32.1. The maximum atomic E-state index is 12.4. The summed E-state index contributed by atoms with van der Waals surface area (Å²) in [6.07, 6.45) is 3.20. The molecule has 0 aromatic carbocycles. The molecule has 0 bridgehead atoms. The molecule has 0 saturated carbocycles. The van der Waals surface area contributed by atoms with Crippen molar-refractivity contribution in [3.8, 4) is 0 Å². The molecule has 1 aliphatic carbocycles. The van der Waals surface area contributed by atoms with Gasteiger partial charge in [0.1, 0.15) is 4.83 Å². The lowest BCUT2D eigenvalue weighted by atomic mass is 9.89. The van der Waals surface area contributed by atoms with Crippen LogP contribution in [0.25, 0.3) is 10.2 Å². The van der Waals surface area contributed by atoms with Gasteiger partial charge in [-0.1, -0.05) is 6.92 Å². The number of nitrogens with zero attached hydrogens (tertiary/aromatic N) is 2. The highest BCUT2D eigenvalue weighted by Gasteiger charge is 2.23. The number of hydrogen-bond acceptors (Lipinski definition) is 5. The largest absolute Gasteiger partial charge is 0.294 e. The van der Waals surface area contributed by atoms with E-state index in [0.717, 1.165) is 29.5 Å². The molecule has 0 fully saturated rings. The smallest absolute Gasteiger partial charge is 0.263 e. The molecule has 2 aromatic heterocycles. The lowest BCUT2D eigenvalue weighted by Crippen LogP contribution is -2.25. The second-order valence-electron chi connectivity index (χ2n) is 4.98.